The van der Waals surface area contributed by atoms with Crippen LogP contribution in [0.15, 0.2) is 18.2 Å². The molecule has 1 fully saturated rings. The van der Waals surface area contributed by atoms with Gasteiger partial charge in [0, 0.05) is 25.4 Å². The Morgan fingerprint density at radius 3 is 2.94 bits per heavy atom. The van der Waals surface area contributed by atoms with E-state index in [1.165, 1.54) is 12.1 Å². The molecule has 0 N–H and O–H groups in total. The Labute approximate surface area is 94.0 Å². The number of nitriles is 1. The summed E-state index contributed by atoms with van der Waals surface area (Å²) in [7, 11) is 0. The van der Waals surface area contributed by atoms with Crippen molar-refractivity contribution >= 4 is 5.69 Å². The van der Waals surface area contributed by atoms with Gasteiger partial charge in [-0.25, -0.2) is 4.39 Å². The summed E-state index contributed by atoms with van der Waals surface area (Å²) in [6.07, 6.45) is 0.929. The van der Waals surface area contributed by atoms with Crippen molar-refractivity contribution in [2.45, 2.75) is 6.42 Å². The molecule has 0 atom stereocenters. The maximum absolute atomic E-state index is 13.3. The summed E-state index contributed by atoms with van der Waals surface area (Å²) < 4.78 is 18.6. The average Bonchev–Trinajstić information content (AvgIpc) is 2.56. The second kappa shape index (κ2) is 4.95. The highest BCUT2D eigenvalue weighted by Gasteiger charge is 2.11. The summed E-state index contributed by atoms with van der Waals surface area (Å²) in [5, 5.41) is 8.78. The number of rotatable bonds is 1. The van der Waals surface area contributed by atoms with Crippen molar-refractivity contribution in [3.8, 4) is 6.07 Å². The van der Waals surface area contributed by atoms with Gasteiger partial charge >= 0.3 is 0 Å². The fourth-order valence-electron chi connectivity index (χ4n) is 1.83. The van der Waals surface area contributed by atoms with Crippen molar-refractivity contribution < 1.29 is 9.13 Å². The molecular weight excluding hydrogens is 207 g/mol. The van der Waals surface area contributed by atoms with Crippen LogP contribution in [0.1, 0.15) is 12.0 Å². The molecule has 0 bridgehead atoms. The minimum Gasteiger partial charge on any atom is -0.380 e. The van der Waals surface area contributed by atoms with Gasteiger partial charge in [-0.1, -0.05) is 0 Å². The average molecular weight is 220 g/mol. The Balaban J connectivity index is 2.24. The van der Waals surface area contributed by atoms with Crippen molar-refractivity contribution in [2.24, 2.45) is 0 Å². The molecule has 0 amide bonds. The highest BCUT2D eigenvalue weighted by molar-refractivity contribution is 5.52. The Morgan fingerprint density at radius 1 is 1.25 bits per heavy atom. The van der Waals surface area contributed by atoms with Crippen molar-refractivity contribution in [1.82, 2.24) is 0 Å². The Hall–Kier alpha value is -1.60. The summed E-state index contributed by atoms with van der Waals surface area (Å²) in [5.74, 6) is -0.362. The minimum absolute atomic E-state index is 0.361. The van der Waals surface area contributed by atoms with E-state index in [0.29, 0.717) is 12.2 Å². The highest BCUT2D eigenvalue weighted by atomic mass is 19.1. The molecule has 0 aliphatic carbocycles. The number of benzene rings is 1. The minimum atomic E-state index is -0.362. The smallest absolute Gasteiger partial charge is 0.126 e. The predicted octanol–water partition coefficient (Wildman–Crippen LogP) is 1.92. The highest BCUT2D eigenvalue weighted by Crippen LogP contribution is 2.19. The zero-order valence-electron chi connectivity index (χ0n) is 8.95. The van der Waals surface area contributed by atoms with E-state index in [1.807, 2.05) is 6.07 Å². The third-order valence-electron chi connectivity index (χ3n) is 2.60. The topological polar surface area (TPSA) is 36.3 Å². The van der Waals surface area contributed by atoms with Gasteiger partial charge in [0.1, 0.15) is 5.82 Å². The normalized spacial score (nSPS) is 16.6. The van der Waals surface area contributed by atoms with Crippen LogP contribution in [-0.4, -0.2) is 26.3 Å². The molecule has 1 aliphatic rings. The molecule has 1 saturated heterocycles. The van der Waals surface area contributed by atoms with Gasteiger partial charge < -0.3 is 9.64 Å². The molecule has 1 aromatic carbocycles. The van der Waals surface area contributed by atoms with Gasteiger partial charge in [-0.15, -0.1) is 0 Å². The number of halogens is 1. The molecule has 2 rings (SSSR count). The van der Waals surface area contributed by atoms with E-state index in [4.69, 9.17) is 10.00 Å². The van der Waals surface area contributed by atoms with E-state index >= 15 is 0 Å². The monoisotopic (exact) mass is 220 g/mol. The van der Waals surface area contributed by atoms with Crippen LogP contribution in [0.4, 0.5) is 10.1 Å². The van der Waals surface area contributed by atoms with Crippen LogP contribution >= 0.6 is 0 Å². The first-order chi connectivity index (χ1) is 7.79. The lowest BCUT2D eigenvalue weighted by Gasteiger charge is -2.22. The maximum Gasteiger partial charge on any atom is 0.126 e. The first kappa shape index (κ1) is 10.9. The number of hydrogen-bond acceptors (Lipinski definition) is 3. The van der Waals surface area contributed by atoms with Gasteiger partial charge in [0.15, 0.2) is 0 Å². The third kappa shape index (κ3) is 2.50. The fourth-order valence-corrected chi connectivity index (χ4v) is 1.83. The summed E-state index contributed by atoms with van der Waals surface area (Å²) >= 11 is 0. The lowest BCUT2D eigenvalue weighted by Crippen LogP contribution is -2.25. The molecule has 4 heteroatoms. The molecule has 1 heterocycles. The molecule has 1 aromatic rings. The van der Waals surface area contributed by atoms with Crippen LogP contribution < -0.4 is 4.90 Å². The summed E-state index contributed by atoms with van der Waals surface area (Å²) in [4.78, 5) is 2.05. The molecule has 0 unspecified atom stereocenters. The van der Waals surface area contributed by atoms with E-state index in [-0.39, 0.29) is 5.82 Å². The van der Waals surface area contributed by atoms with Crippen LogP contribution in [0.2, 0.25) is 0 Å². The van der Waals surface area contributed by atoms with Gasteiger partial charge in [0.25, 0.3) is 0 Å². The Bertz CT molecular complexity index is 406. The lowest BCUT2D eigenvalue weighted by atomic mass is 10.2. The largest absolute Gasteiger partial charge is 0.380 e. The van der Waals surface area contributed by atoms with Gasteiger partial charge in [0.2, 0.25) is 0 Å². The van der Waals surface area contributed by atoms with Gasteiger partial charge in [-0.05, 0) is 24.6 Å². The van der Waals surface area contributed by atoms with Crippen molar-refractivity contribution in [3.63, 3.8) is 0 Å². The van der Waals surface area contributed by atoms with Crippen molar-refractivity contribution in [3.05, 3.63) is 29.6 Å². The maximum atomic E-state index is 13.3. The number of hydrogen-bond donors (Lipinski definition) is 0. The van der Waals surface area contributed by atoms with E-state index < -0.39 is 0 Å². The zero-order valence-corrected chi connectivity index (χ0v) is 8.95. The summed E-state index contributed by atoms with van der Waals surface area (Å²) in [5.41, 5.74) is 1.13. The standard InChI is InChI=1S/C12H13FN2O/c13-11-6-10(9-14)7-12(8-11)15-2-1-4-16-5-3-15/h6-8H,1-5H2. The Kier molecular flexibility index (Phi) is 3.37. The Morgan fingerprint density at radius 2 is 2.12 bits per heavy atom. The molecule has 16 heavy (non-hydrogen) atoms. The molecule has 84 valence electrons. The van der Waals surface area contributed by atoms with Gasteiger partial charge in [0.05, 0.1) is 18.2 Å². The molecule has 1 aliphatic heterocycles. The van der Waals surface area contributed by atoms with Crippen LogP contribution in [0.3, 0.4) is 0 Å². The molecule has 0 spiro atoms. The SMILES string of the molecule is N#Cc1cc(F)cc(N2CCCOCC2)c1. The van der Waals surface area contributed by atoms with E-state index in [9.17, 15) is 4.39 Å². The van der Waals surface area contributed by atoms with Crippen LogP contribution in [0.25, 0.3) is 0 Å². The second-order valence-corrected chi connectivity index (χ2v) is 3.76. The van der Waals surface area contributed by atoms with Crippen LogP contribution in [0.5, 0.6) is 0 Å². The quantitative estimate of drug-likeness (QED) is 0.725. The predicted molar refractivity (Wildman–Crippen MR) is 58.8 cm³/mol. The first-order valence-corrected chi connectivity index (χ1v) is 5.33. The van der Waals surface area contributed by atoms with E-state index in [2.05, 4.69) is 4.90 Å². The summed E-state index contributed by atoms with van der Waals surface area (Å²) in [6, 6.07) is 6.39. The number of nitrogens with zero attached hydrogens (tertiary/aromatic N) is 2. The van der Waals surface area contributed by atoms with Gasteiger partial charge in [-0.3, -0.25) is 0 Å². The first-order valence-electron chi connectivity index (χ1n) is 5.33. The number of anilines is 1. The third-order valence-corrected chi connectivity index (χ3v) is 2.60. The van der Waals surface area contributed by atoms with Crippen molar-refractivity contribution in [2.75, 3.05) is 31.2 Å². The van der Waals surface area contributed by atoms with Crippen LogP contribution in [-0.2, 0) is 4.74 Å². The molecule has 0 aromatic heterocycles. The fraction of sp³-hybridized carbons (Fsp3) is 0.417. The molecule has 3 nitrogen and oxygen atoms in total. The van der Waals surface area contributed by atoms with Crippen molar-refractivity contribution in [1.29, 1.82) is 5.26 Å². The molecular formula is C12H13FN2O. The van der Waals surface area contributed by atoms with Gasteiger partial charge in [-0.2, -0.15) is 5.26 Å². The zero-order chi connectivity index (χ0) is 11.4. The second-order valence-electron chi connectivity index (χ2n) is 3.76. The van der Waals surface area contributed by atoms with E-state index in [0.717, 1.165) is 31.8 Å². The molecule has 0 radical (unpaired) electrons. The molecule has 0 saturated carbocycles. The lowest BCUT2D eigenvalue weighted by molar-refractivity contribution is 0.152. The van der Waals surface area contributed by atoms with Crippen LogP contribution in [0, 0.1) is 17.1 Å². The number of ether oxygens (including phenoxy) is 1. The summed E-state index contributed by atoms with van der Waals surface area (Å²) in [6.45, 7) is 2.98. The van der Waals surface area contributed by atoms with E-state index in [1.54, 1.807) is 6.07 Å².